The molecule has 6 nitrogen and oxygen atoms in total. The number of nitrogens with zero attached hydrogens (tertiary/aromatic N) is 2. The largest absolute Gasteiger partial charge is 0.489 e. The number of thiazole rings is 1. The molecule has 44 heavy (non-hydrogen) atoms. The molecule has 1 atom stereocenters. The number of carbonyl (C=O) groups is 1. The van der Waals surface area contributed by atoms with Crippen molar-refractivity contribution in [3.63, 3.8) is 0 Å². The third-order valence-electron chi connectivity index (χ3n) is 7.03. The molecule has 220 valence electrons. The Bertz CT molecular complexity index is 2030. The van der Waals surface area contributed by atoms with E-state index in [4.69, 9.17) is 37.7 Å². The van der Waals surface area contributed by atoms with Crippen molar-refractivity contribution in [1.82, 2.24) is 4.57 Å². The number of hydrogen-bond donors (Lipinski definition) is 0. The van der Waals surface area contributed by atoms with Crippen LogP contribution in [0.1, 0.15) is 35.2 Å². The third-order valence-corrected chi connectivity index (χ3v) is 8.50. The second-order valence-corrected chi connectivity index (χ2v) is 11.9. The van der Waals surface area contributed by atoms with Crippen molar-refractivity contribution >= 4 is 52.3 Å². The van der Waals surface area contributed by atoms with Gasteiger partial charge < -0.3 is 9.47 Å². The molecule has 0 bridgehead atoms. The highest BCUT2D eigenvalue weighted by atomic mass is 35.5. The SMILES string of the molecule is CCOC(=O)C1=C(c2ccccc2)N=c2s/c(=C\c3ccc(OCc4cccc(Cl)c4)cc3)c(=O)n2[C@@H]1c1ccc(Cl)cc1. The first-order chi connectivity index (χ1) is 21.4. The van der Waals surface area contributed by atoms with Gasteiger partial charge in [0.25, 0.3) is 5.56 Å². The quantitative estimate of drug-likeness (QED) is 0.175. The molecule has 0 aliphatic carbocycles. The summed E-state index contributed by atoms with van der Waals surface area (Å²) >= 11 is 13.6. The van der Waals surface area contributed by atoms with Gasteiger partial charge in [-0.05, 0) is 66.1 Å². The summed E-state index contributed by atoms with van der Waals surface area (Å²) in [6.07, 6.45) is 1.82. The van der Waals surface area contributed by atoms with E-state index in [1.54, 1.807) is 23.6 Å². The van der Waals surface area contributed by atoms with Crippen LogP contribution < -0.4 is 19.6 Å². The van der Waals surface area contributed by atoms with Gasteiger partial charge in [0, 0.05) is 15.6 Å². The maximum atomic E-state index is 14.0. The number of carbonyl (C=O) groups excluding carboxylic acids is 1. The van der Waals surface area contributed by atoms with Gasteiger partial charge in [-0.25, -0.2) is 9.79 Å². The molecule has 2 heterocycles. The minimum atomic E-state index is -0.762. The van der Waals surface area contributed by atoms with E-state index in [1.807, 2.05) is 97.1 Å². The molecule has 0 spiro atoms. The maximum absolute atomic E-state index is 14.0. The Labute approximate surface area is 267 Å². The zero-order valence-electron chi connectivity index (χ0n) is 23.6. The molecule has 0 radical (unpaired) electrons. The molecule has 1 aromatic heterocycles. The van der Waals surface area contributed by atoms with Crippen LogP contribution in [-0.2, 0) is 16.1 Å². The average Bonchev–Trinajstić information content (AvgIpc) is 3.35. The Kier molecular flexibility index (Phi) is 8.79. The summed E-state index contributed by atoms with van der Waals surface area (Å²) in [5, 5.41) is 1.21. The molecule has 0 saturated carbocycles. The van der Waals surface area contributed by atoms with E-state index in [0.29, 0.717) is 43.0 Å². The molecule has 0 saturated heterocycles. The topological polar surface area (TPSA) is 69.9 Å². The van der Waals surface area contributed by atoms with E-state index in [-0.39, 0.29) is 12.2 Å². The number of benzene rings is 4. The van der Waals surface area contributed by atoms with Gasteiger partial charge in [-0.3, -0.25) is 9.36 Å². The smallest absolute Gasteiger partial charge is 0.338 e. The highest BCUT2D eigenvalue weighted by molar-refractivity contribution is 7.07. The molecule has 0 fully saturated rings. The van der Waals surface area contributed by atoms with Crippen LogP contribution in [0.2, 0.25) is 10.0 Å². The summed E-state index contributed by atoms with van der Waals surface area (Å²) < 4.78 is 13.5. The molecule has 0 N–H and O–H groups in total. The zero-order chi connectivity index (χ0) is 30.6. The number of fused-ring (bicyclic) bond motifs is 1. The highest BCUT2D eigenvalue weighted by Crippen LogP contribution is 2.35. The van der Waals surface area contributed by atoms with Gasteiger partial charge in [0.2, 0.25) is 0 Å². The summed E-state index contributed by atoms with van der Waals surface area (Å²) in [5.74, 6) is 0.163. The molecule has 5 aromatic rings. The number of halogens is 2. The van der Waals surface area contributed by atoms with Crippen molar-refractivity contribution in [2.45, 2.75) is 19.6 Å². The molecule has 1 aliphatic heterocycles. The Hall–Kier alpha value is -4.43. The lowest BCUT2D eigenvalue weighted by Crippen LogP contribution is -2.40. The van der Waals surface area contributed by atoms with Gasteiger partial charge in [-0.15, -0.1) is 0 Å². The molecule has 4 aromatic carbocycles. The van der Waals surface area contributed by atoms with Crippen molar-refractivity contribution in [2.24, 2.45) is 4.99 Å². The molecular weight excluding hydrogens is 615 g/mol. The standard InChI is InChI=1S/C35H26Cl2N2O4S/c1-2-42-34(41)30-31(24-8-4-3-5-9-24)38-35-39(32(30)25-13-15-26(36)16-14-25)33(40)29(44-35)20-22-11-17-28(18-12-22)43-21-23-7-6-10-27(37)19-23/h3-20,32H,2,21H2,1H3/b29-20-/t32-/m1/s1. The van der Waals surface area contributed by atoms with E-state index < -0.39 is 12.0 Å². The Morgan fingerprint density at radius 1 is 0.932 bits per heavy atom. The fourth-order valence-electron chi connectivity index (χ4n) is 5.01. The van der Waals surface area contributed by atoms with Crippen molar-refractivity contribution < 1.29 is 14.3 Å². The molecule has 9 heteroatoms. The molecule has 0 unspecified atom stereocenters. The van der Waals surface area contributed by atoms with Gasteiger partial charge in [0.05, 0.1) is 28.5 Å². The van der Waals surface area contributed by atoms with Gasteiger partial charge >= 0.3 is 5.97 Å². The van der Waals surface area contributed by atoms with Gasteiger partial charge in [-0.2, -0.15) is 0 Å². The highest BCUT2D eigenvalue weighted by Gasteiger charge is 2.35. The lowest BCUT2D eigenvalue weighted by Gasteiger charge is -2.25. The fraction of sp³-hybridized carbons (Fsp3) is 0.114. The molecule has 0 amide bonds. The first-order valence-corrected chi connectivity index (χ1v) is 15.5. The number of hydrogen-bond acceptors (Lipinski definition) is 6. The van der Waals surface area contributed by atoms with E-state index in [1.165, 1.54) is 11.3 Å². The summed E-state index contributed by atoms with van der Waals surface area (Å²) in [6, 6.07) is 30.8. The van der Waals surface area contributed by atoms with Crippen molar-refractivity contribution in [3.05, 3.63) is 161 Å². The van der Waals surface area contributed by atoms with Gasteiger partial charge in [0.1, 0.15) is 12.4 Å². The van der Waals surface area contributed by atoms with Crippen LogP contribution in [0.4, 0.5) is 0 Å². The predicted molar refractivity (Wildman–Crippen MR) is 175 cm³/mol. The maximum Gasteiger partial charge on any atom is 0.338 e. The molecule has 1 aliphatic rings. The van der Waals surface area contributed by atoms with Crippen LogP contribution >= 0.6 is 34.5 Å². The summed E-state index contributed by atoms with van der Waals surface area (Å²) in [4.78, 5) is 32.9. The van der Waals surface area contributed by atoms with E-state index >= 15 is 0 Å². The summed E-state index contributed by atoms with van der Waals surface area (Å²) in [5.41, 5.74) is 3.76. The van der Waals surface area contributed by atoms with Crippen LogP contribution in [0.3, 0.4) is 0 Å². The normalized spacial score (nSPS) is 14.6. The lowest BCUT2D eigenvalue weighted by atomic mass is 9.93. The average molecular weight is 642 g/mol. The van der Waals surface area contributed by atoms with Crippen LogP contribution in [0.25, 0.3) is 11.8 Å². The minimum Gasteiger partial charge on any atom is -0.489 e. The van der Waals surface area contributed by atoms with Gasteiger partial charge in [-0.1, -0.05) is 101 Å². The van der Waals surface area contributed by atoms with Crippen LogP contribution in [0.15, 0.2) is 118 Å². The van der Waals surface area contributed by atoms with E-state index in [9.17, 15) is 9.59 Å². The van der Waals surface area contributed by atoms with Crippen molar-refractivity contribution in [1.29, 1.82) is 0 Å². The predicted octanol–water partition coefficient (Wildman–Crippen LogP) is 6.82. The lowest BCUT2D eigenvalue weighted by molar-refractivity contribution is -0.138. The first kappa shape index (κ1) is 29.6. The van der Waals surface area contributed by atoms with Crippen LogP contribution in [-0.4, -0.2) is 17.1 Å². The Morgan fingerprint density at radius 3 is 2.39 bits per heavy atom. The summed E-state index contributed by atoms with van der Waals surface area (Å²) in [6.45, 7) is 2.32. The fourth-order valence-corrected chi connectivity index (χ4v) is 6.35. The number of esters is 1. The van der Waals surface area contributed by atoms with Crippen molar-refractivity contribution in [2.75, 3.05) is 6.61 Å². The van der Waals surface area contributed by atoms with E-state index in [0.717, 1.165) is 22.3 Å². The second kappa shape index (κ2) is 13.1. The Balaban J connectivity index is 1.43. The third kappa shape index (κ3) is 6.26. The monoisotopic (exact) mass is 640 g/mol. The zero-order valence-corrected chi connectivity index (χ0v) is 25.9. The van der Waals surface area contributed by atoms with Crippen LogP contribution in [0.5, 0.6) is 5.75 Å². The Morgan fingerprint density at radius 2 is 1.68 bits per heavy atom. The number of aromatic nitrogens is 1. The summed E-state index contributed by atoms with van der Waals surface area (Å²) in [7, 11) is 0. The number of ether oxygens (including phenoxy) is 2. The van der Waals surface area contributed by atoms with Crippen LogP contribution in [0, 0.1) is 0 Å². The minimum absolute atomic E-state index is 0.182. The second-order valence-electron chi connectivity index (χ2n) is 9.97. The molecular formula is C35H26Cl2N2O4S. The van der Waals surface area contributed by atoms with E-state index in [2.05, 4.69) is 0 Å². The van der Waals surface area contributed by atoms with Gasteiger partial charge in [0.15, 0.2) is 4.80 Å². The number of rotatable bonds is 8. The first-order valence-electron chi connectivity index (χ1n) is 13.9. The molecule has 6 rings (SSSR count). The van der Waals surface area contributed by atoms with Crippen molar-refractivity contribution in [3.8, 4) is 5.75 Å².